The van der Waals surface area contributed by atoms with E-state index < -0.39 is 0 Å². The van der Waals surface area contributed by atoms with E-state index in [4.69, 9.17) is 0 Å². The van der Waals surface area contributed by atoms with E-state index in [-0.39, 0.29) is 0 Å². The Morgan fingerprint density at radius 2 is 1.37 bits per heavy atom. The van der Waals surface area contributed by atoms with Crippen molar-refractivity contribution in [2.45, 2.75) is 74.1 Å². The number of benzene rings is 1. The van der Waals surface area contributed by atoms with E-state index in [1.165, 1.54) is 24.0 Å². The summed E-state index contributed by atoms with van der Waals surface area (Å²) in [5.74, 6) is 1.42. The van der Waals surface area contributed by atoms with Crippen molar-refractivity contribution in [2.75, 3.05) is 0 Å². The molecule has 19 heavy (non-hydrogen) atoms. The minimum atomic E-state index is 0.347. The second-order valence-electron chi connectivity index (χ2n) is 7.17. The molecule has 0 aliphatic carbocycles. The smallest absolute Gasteiger partial charge is 0.0111 e. The summed E-state index contributed by atoms with van der Waals surface area (Å²) in [6.45, 7) is 18.1. The van der Waals surface area contributed by atoms with Crippen LogP contribution >= 0.6 is 0 Å². The maximum absolute atomic E-state index is 2.35. The van der Waals surface area contributed by atoms with Crippen LogP contribution in [0.15, 0.2) is 24.3 Å². The van der Waals surface area contributed by atoms with Gasteiger partial charge in [0.2, 0.25) is 0 Å². The summed E-state index contributed by atoms with van der Waals surface area (Å²) in [4.78, 5) is 0. The maximum atomic E-state index is 2.35. The van der Waals surface area contributed by atoms with Crippen LogP contribution in [0.3, 0.4) is 0 Å². The number of hydrogen-bond acceptors (Lipinski definition) is 0. The van der Waals surface area contributed by atoms with Crippen LogP contribution in [0.25, 0.3) is 0 Å². The molecule has 0 N–H and O–H groups in total. The Labute approximate surface area is 121 Å². The molecule has 0 heterocycles. The highest BCUT2D eigenvalue weighted by Crippen LogP contribution is 2.39. The molecule has 1 atom stereocenters. The highest BCUT2D eigenvalue weighted by Gasteiger charge is 2.26. The molecule has 0 aromatic heterocycles. The Morgan fingerprint density at radius 3 is 1.68 bits per heavy atom. The van der Waals surface area contributed by atoms with Gasteiger partial charge >= 0.3 is 0 Å². The van der Waals surface area contributed by atoms with Crippen molar-refractivity contribution in [1.82, 2.24) is 0 Å². The second-order valence-corrected chi connectivity index (χ2v) is 7.17. The van der Waals surface area contributed by atoms with Crippen LogP contribution in [-0.4, -0.2) is 0 Å². The molecular formula is C19H34. The fourth-order valence-electron chi connectivity index (χ4n) is 2.26. The average Bonchev–Trinajstić information content (AvgIpc) is 2.27. The van der Waals surface area contributed by atoms with E-state index in [0.29, 0.717) is 11.3 Å². The summed E-state index contributed by atoms with van der Waals surface area (Å²) in [5.41, 5.74) is 3.19. The quantitative estimate of drug-likeness (QED) is 0.576. The molecule has 0 heteroatoms. The standard InChI is InChI=1S/C16H26.C3H8/c1-12(2)11-15(16(4,5)6)14-9-7-13(3)8-10-14;1-3-2/h7-10,12,15H,11H2,1-6H3;3H2,1-2H3. The maximum Gasteiger partial charge on any atom is -0.0111 e. The summed E-state index contributed by atoms with van der Waals surface area (Å²) in [6, 6.07) is 9.06. The van der Waals surface area contributed by atoms with Crippen molar-refractivity contribution in [1.29, 1.82) is 0 Å². The average molecular weight is 262 g/mol. The summed E-state index contributed by atoms with van der Waals surface area (Å²) in [6.07, 6.45) is 2.52. The second kappa shape index (κ2) is 8.40. The molecule has 0 aliphatic rings. The van der Waals surface area contributed by atoms with Crippen molar-refractivity contribution in [2.24, 2.45) is 11.3 Å². The third kappa shape index (κ3) is 7.40. The number of rotatable bonds is 3. The number of aryl methyl sites for hydroxylation is 1. The van der Waals surface area contributed by atoms with Crippen LogP contribution in [0, 0.1) is 18.3 Å². The van der Waals surface area contributed by atoms with Gasteiger partial charge in [0.15, 0.2) is 0 Å². The van der Waals surface area contributed by atoms with Crippen LogP contribution in [0.4, 0.5) is 0 Å². The zero-order valence-electron chi connectivity index (χ0n) is 14.4. The molecule has 1 aromatic rings. The fourth-order valence-corrected chi connectivity index (χ4v) is 2.26. The van der Waals surface area contributed by atoms with Crippen LogP contribution in [0.2, 0.25) is 0 Å². The molecule has 0 bridgehead atoms. The topological polar surface area (TPSA) is 0 Å². The molecule has 1 unspecified atom stereocenters. The van der Waals surface area contributed by atoms with Crippen LogP contribution in [-0.2, 0) is 0 Å². The lowest BCUT2D eigenvalue weighted by molar-refractivity contribution is 0.280. The molecule has 0 radical (unpaired) electrons. The zero-order valence-corrected chi connectivity index (χ0v) is 14.4. The van der Waals surface area contributed by atoms with E-state index in [1.54, 1.807) is 0 Å². The molecular weight excluding hydrogens is 228 g/mol. The number of hydrogen-bond donors (Lipinski definition) is 0. The Kier molecular flexibility index (Phi) is 8.06. The highest BCUT2D eigenvalue weighted by molar-refractivity contribution is 5.25. The molecule has 0 saturated carbocycles. The van der Waals surface area contributed by atoms with Gasteiger partial charge in [0.25, 0.3) is 0 Å². The Bertz CT molecular complexity index is 324. The first-order valence-electron chi connectivity index (χ1n) is 7.78. The summed E-state index contributed by atoms with van der Waals surface area (Å²) < 4.78 is 0. The van der Waals surface area contributed by atoms with Gasteiger partial charge in [0, 0.05) is 0 Å². The van der Waals surface area contributed by atoms with Crippen LogP contribution in [0.5, 0.6) is 0 Å². The zero-order chi connectivity index (χ0) is 15.1. The molecule has 0 nitrogen and oxygen atoms in total. The van der Waals surface area contributed by atoms with Crippen LogP contribution < -0.4 is 0 Å². The first-order valence-corrected chi connectivity index (χ1v) is 7.78. The largest absolute Gasteiger partial charge is 0.0656 e. The van der Waals surface area contributed by atoms with Crippen molar-refractivity contribution < 1.29 is 0 Å². The Balaban J connectivity index is 0.000000982. The SMILES string of the molecule is CCC.Cc1ccc(C(CC(C)C)C(C)(C)C)cc1. The van der Waals surface area contributed by atoms with Crippen molar-refractivity contribution in [3.63, 3.8) is 0 Å². The van der Waals surface area contributed by atoms with Gasteiger partial charge in [-0.2, -0.15) is 0 Å². The van der Waals surface area contributed by atoms with Gasteiger partial charge in [-0.15, -0.1) is 0 Å². The molecule has 0 saturated heterocycles. The van der Waals surface area contributed by atoms with Gasteiger partial charge in [0.1, 0.15) is 0 Å². The van der Waals surface area contributed by atoms with E-state index in [0.717, 1.165) is 5.92 Å². The lowest BCUT2D eigenvalue weighted by Gasteiger charge is -2.32. The molecule has 0 fully saturated rings. The minimum absolute atomic E-state index is 0.347. The molecule has 0 spiro atoms. The normalized spacial score (nSPS) is 12.9. The first kappa shape index (κ1) is 18.2. The van der Waals surface area contributed by atoms with E-state index in [2.05, 4.69) is 79.7 Å². The molecule has 110 valence electrons. The molecule has 0 aliphatic heterocycles. The Morgan fingerprint density at radius 1 is 0.947 bits per heavy atom. The summed E-state index contributed by atoms with van der Waals surface area (Å²) in [5, 5.41) is 0. The lowest BCUT2D eigenvalue weighted by atomic mass is 9.72. The third-order valence-electron chi connectivity index (χ3n) is 3.23. The van der Waals surface area contributed by atoms with E-state index in [9.17, 15) is 0 Å². The van der Waals surface area contributed by atoms with Gasteiger partial charge in [-0.25, -0.2) is 0 Å². The molecule has 1 rings (SSSR count). The minimum Gasteiger partial charge on any atom is -0.0656 e. The van der Waals surface area contributed by atoms with Gasteiger partial charge in [-0.05, 0) is 36.2 Å². The predicted molar refractivity (Wildman–Crippen MR) is 88.8 cm³/mol. The first-order chi connectivity index (χ1) is 8.72. The highest BCUT2D eigenvalue weighted by atomic mass is 14.3. The van der Waals surface area contributed by atoms with Gasteiger partial charge in [-0.3, -0.25) is 0 Å². The van der Waals surface area contributed by atoms with Crippen molar-refractivity contribution in [3.05, 3.63) is 35.4 Å². The monoisotopic (exact) mass is 262 g/mol. The van der Waals surface area contributed by atoms with Gasteiger partial charge < -0.3 is 0 Å². The van der Waals surface area contributed by atoms with E-state index >= 15 is 0 Å². The summed E-state index contributed by atoms with van der Waals surface area (Å²) >= 11 is 0. The molecule has 1 aromatic carbocycles. The van der Waals surface area contributed by atoms with E-state index in [1.807, 2.05) is 0 Å². The summed E-state index contributed by atoms with van der Waals surface area (Å²) in [7, 11) is 0. The van der Waals surface area contributed by atoms with Gasteiger partial charge in [-0.1, -0.05) is 84.7 Å². The Hall–Kier alpha value is -0.780. The van der Waals surface area contributed by atoms with Crippen LogP contribution in [0.1, 0.15) is 78.4 Å². The lowest BCUT2D eigenvalue weighted by Crippen LogP contribution is -2.20. The van der Waals surface area contributed by atoms with Crippen molar-refractivity contribution in [3.8, 4) is 0 Å². The van der Waals surface area contributed by atoms with Crippen molar-refractivity contribution >= 4 is 0 Å². The molecule has 0 amide bonds. The fraction of sp³-hybridized carbons (Fsp3) is 0.684. The van der Waals surface area contributed by atoms with Gasteiger partial charge in [0.05, 0.1) is 0 Å². The predicted octanol–water partition coefficient (Wildman–Crippen LogP) is 6.59. The third-order valence-corrected chi connectivity index (χ3v) is 3.23.